The van der Waals surface area contributed by atoms with E-state index in [0.717, 1.165) is 15.9 Å². The first-order valence-corrected chi connectivity index (χ1v) is 9.06. The van der Waals surface area contributed by atoms with E-state index in [-0.39, 0.29) is 18.9 Å². The fourth-order valence-electron chi connectivity index (χ4n) is 2.40. The molecule has 0 saturated carbocycles. The first-order chi connectivity index (χ1) is 14.1. The summed E-state index contributed by atoms with van der Waals surface area (Å²) in [7, 11) is 2.70. The summed E-state index contributed by atoms with van der Waals surface area (Å²) in [4.78, 5) is 44.7. The van der Waals surface area contributed by atoms with Crippen LogP contribution < -0.4 is 4.90 Å². The summed E-state index contributed by atoms with van der Waals surface area (Å²) in [5.41, 5.74) is -1.86. The monoisotopic (exact) mass is 442 g/mol. The van der Waals surface area contributed by atoms with Crippen LogP contribution in [0.4, 0.5) is 24.1 Å². The zero-order chi connectivity index (χ0) is 22.6. The Morgan fingerprint density at radius 2 is 1.83 bits per heavy atom. The standard InChI is InChI=1S/C18H20F2N4O5S/c1-5-6-29-21-10(2)9-28-15(25)11-7-14(13(20)8-12(11)19)24-16(26)22(3)18(30)23(4)17(24)27/h5,7-8,18,30H,1,6,9H2,2-4H3. The van der Waals surface area contributed by atoms with Crippen LogP contribution in [-0.4, -0.2) is 66.3 Å². The van der Waals surface area contributed by atoms with Crippen molar-refractivity contribution in [3.05, 3.63) is 42.0 Å². The summed E-state index contributed by atoms with van der Waals surface area (Å²) in [6.45, 7) is 4.78. The molecule has 1 aliphatic heterocycles. The Morgan fingerprint density at radius 1 is 1.23 bits per heavy atom. The van der Waals surface area contributed by atoms with Crippen molar-refractivity contribution in [2.45, 2.75) is 12.4 Å². The van der Waals surface area contributed by atoms with Gasteiger partial charge in [-0.3, -0.25) is 9.80 Å². The number of ether oxygens (including phenoxy) is 1. The number of amides is 4. The van der Waals surface area contributed by atoms with Crippen LogP contribution in [0.25, 0.3) is 0 Å². The Morgan fingerprint density at radius 3 is 2.40 bits per heavy atom. The third-order valence-electron chi connectivity index (χ3n) is 4.00. The van der Waals surface area contributed by atoms with Crippen molar-refractivity contribution in [1.29, 1.82) is 0 Å². The number of benzene rings is 1. The molecule has 0 unspecified atom stereocenters. The van der Waals surface area contributed by atoms with Crippen molar-refractivity contribution >= 4 is 42.1 Å². The Bertz CT molecular complexity index is 889. The lowest BCUT2D eigenvalue weighted by molar-refractivity contribution is 0.0552. The number of hydrogen-bond acceptors (Lipinski definition) is 7. The molecule has 1 aromatic rings. The molecule has 0 aromatic heterocycles. The summed E-state index contributed by atoms with van der Waals surface area (Å²) in [6.07, 6.45) is 1.46. The minimum absolute atomic E-state index is 0.148. The molecular weight excluding hydrogens is 422 g/mol. The Kier molecular flexibility index (Phi) is 7.38. The smallest absolute Gasteiger partial charge is 0.341 e. The molecule has 12 heteroatoms. The quantitative estimate of drug-likeness (QED) is 0.175. The number of urea groups is 2. The van der Waals surface area contributed by atoms with Gasteiger partial charge >= 0.3 is 18.0 Å². The number of hydrogen-bond donors (Lipinski definition) is 1. The number of oxime groups is 1. The number of anilines is 1. The summed E-state index contributed by atoms with van der Waals surface area (Å²) in [5, 5.41) is 3.65. The van der Waals surface area contributed by atoms with Crippen LogP contribution in [0.2, 0.25) is 0 Å². The highest BCUT2D eigenvalue weighted by Gasteiger charge is 2.41. The first kappa shape index (κ1) is 23.1. The number of carbonyl (C=O) groups is 3. The highest BCUT2D eigenvalue weighted by Crippen LogP contribution is 2.29. The van der Waals surface area contributed by atoms with Crippen LogP contribution >= 0.6 is 12.6 Å². The minimum Gasteiger partial charge on any atom is -0.456 e. The number of thiol groups is 1. The molecule has 1 aromatic carbocycles. The highest BCUT2D eigenvalue weighted by atomic mass is 32.1. The largest absolute Gasteiger partial charge is 0.456 e. The zero-order valence-corrected chi connectivity index (χ0v) is 17.4. The minimum atomic E-state index is -1.22. The van der Waals surface area contributed by atoms with Crippen molar-refractivity contribution in [1.82, 2.24) is 9.80 Å². The molecular formula is C18H20F2N4O5S. The maximum Gasteiger partial charge on any atom is 0.341 e. The van der Waals surface area contributed by atoms with E-state index in [0.29, 0.717) is 11.0 Å². The average molecular weight is 442 g/mol. The third-order valence-corrected chi connectivity index (χ3v) is 4.69. The fraction of sp³-hybridized carbons (Fsp3) is 0.333. The van der Waals surface area contributed by atoms with Gasteiger partial charge < -0.3 is 9.57 Å². The number of carbonyl (C=O) groups excluding carboxylic acids is 3. The van der Waals surface area contributed by atoms with Gasteiger partial charge in [0, 0.05) is 20.2 Å². The molecule has 4 amide bonds. The number of esters is 1. The average Bonchev–Trinajstić information content (AvgIpc) is 2.70. The predicted molar refractivity (Wildman–Crippen MR) is 107 cm³/mol. The van der Waals surface area contributed by atoms with E-state index < -0.39 is 46.4 Å². The Labute approximate surface area is 176 Å². The molecule has 1 saturated heterocycles. The van der Waals surface area contributed by atoms with Crippen LogP contribution in [0.3, 0.4) is 0 Å². The van der Waals surface area contributed by atoms with Gasteiger partial charge in [0.15, 0.2) is 11.3 Å². The van der Waals surface area contributed by atoms with E-state index in [1.165, 1.54) is 27.1 Å². The zero-order valence-electron chi connectivity index (χ0n) is 16.5. The van der Waals surface area contributed by atoms with E-state index in [1.807, 2.05) is 0 Å². The van der Waals surface area contributed by atoms with E-state index >= 15 is 0 Å². The predicted octanol–water partition coefficient (Wildman–Crippen LogP) is 2.84. The van der Waals surface area contributed by atoms with Gasteiger partial charge in [-0.05, 0) is 13.0 Å². The van der Waals surface area contributed by atoms with Crippen LogP contribution in [0, 0.1) is 11.6 Å². The molecule has 0 aliphatic carbocycles. The van der Waals surface area contributed by atoms with E-state index in [9.17, 15) is 23.2 Å². The first-order valence-electron chi connectivity index (χ1n) is 8.54. The molecule has 1 aliphatic rings. The molecule has 9 nitrogen and oxygen atoms in total. The van der Waals surface area contributed by atoms with E-state index in [2.05, 4.69) is 24.4 Å². The van der Waals surface area contributed by atoms with Crippen molar-refractivity contribution in [2.24, 2.45) is 5.16 Å². The van der Waals surface area contributed by atoms with Crippen LogP contribution in [-0.2, 0) is 9.57 Å². The van der Waals surface area contributed by atoms with Gasteiger partial charge in [0.25, 0.3) is 0 Å². The molecule has 0 N–H and O–H groups in total. The molecule has 1 fully saturated rings. The summed E-state index contributed by atoms with van der Waals surface area (Å²) >= 11 is 4.12. The van der Waals surface area contributed by atoms with Crippen LogP contribution in [0.1, 0.15) is 17.3 Å². The molecule has 0 spiro atoms. The van der Waals surface area contributed by atoms with Gasteiger partial charge in [-0.1, -0.05) is 17.8 Å². The van der Waals surface area contributed by atoms with Crippen molar-refractivity contribution < 1.29 is 32.7 Å². The van der Waals surface area contributed by atoms with E-state index in [4.69, 9.17) is 9.57 Å². The van der Waals surface area contributed by atoms with Gasteiger partial charge in [-0.25, -0.2) is 28.1 Å². The molecule has 0 bridgehead atoms. The lowest BCUT2D eigenvalue weighted by atomic mass is 10.1. The maximum atomic E-state index is 14.4. The summed E-state index contributed by atoms with van der Waals surface area (Å²) < 4.78 is 33.6. The number of halogens is 2. The normalized spacial score (nSPS) is 15.5. The van der Waals surface area contributed by atoms with Gasteiger partial charge in [0.2, 0.25) is 0 Å². The lowest BCUT2D eigenvalue weighted by Crippen LogP contribution is -2.62. The number of rotatable bonds is 7. The molecule has 30 heavy (non-hydrogen) atoms. The van der Waals surface area contributed by atoms with E-state index in [1.54, 1.807) is 0 Å². The second-order valence-electron chi connectivity index (χ2n) is 6.24. The van der Waals surface area contributed by atoms with Crippen LogP contribution in [0.15, 0.2) is 29.9 Å². The molecule has 0 atom stereocenters. The van der Waals surface area contributed by atoms with Crippen molar-refractivity contribution in [2.75, 3.05) is 32.2 Å². The molecule has 162 valence electrons. The second-order valence-corrected chi connectivity index (χ2v) is 6.70. The van der Waals surface area contributed by atoms with Crippen LogP contribution in [0.5, 0.6) is 0 Å². The Balaban J connectivity index is 2.30. The van der Waals surface area contributed by atoms with Gasteiger partial charge in [-0.2, -0.15) is 0 Å². The second kappa shape index (κ2) is 9.57. The van der Waals surface area contributed by atoms with Crippen molar-refractivity contribution in [3.63, 3.8) is 0 Å². The Hall–Kier alpha value is -3.15. The number of nitrogens with zero attached hydrogens (tertiary/aromatic N) is 4. The molecule has 0 radical (unpaired) electrons. The number of imide groups is 1. The summed E-state index contributed by atoms with van der Waals surface area (Å²) in [6, 6.07) is -0.659. The molecule has 1 heterocycles. The third kappa shape index (κ3) is 4.70. The van der Waals surface area contributed by atoms with Crippen molar-refractivity contribution in [3.8, 4) is 0 Å². The lowest BCUT2D eigenvalue weighted by Gasteiger charge is -2.41. The topological polar surface area (TPSA) is 91.8 Å². The van der Waals surface area contributed by atoms with Gasteiger partial charge in [0.05, 0.1) is 17.0 Å². The van der Waals surface area contributed by atoms with Gasteiger partial charge in [-0.15, -0.1) is 12.6 Å². The maximum absolute atomic E-state index is 14.4. The van der Waals surface area contributed by atoms with Gasteiger partial charge in [0.1, 0.15) is 19.0 Å². The molecule has 2 rings (SSSR count). The highest BCUT2D eigenvalue weighted by molar-refractivity contribution is 7.80. The summed E-state index contributed by atoms with van der Waals surface area (Å²) in [5.74, 6) is -3.57. The SMILES string of the molecule is C=CCON=C(C)COC(=O)c1cc(N2C(=O)N(C)C(S)N(C)C2=O)c(F)cc1F. The fourth-order valence-corrected chi connectivity index (χ4v) is 2.60.